The zero-order valence-electron chi connectivity index (χ0n) is 78.0. The summed E-state index contributed by atoms with van der Waals surface area (Å²) in [5.41, 5.74) is 32.5. The molecular weight excluding hydrogens is 1870 g/mol. The summed E-state index contributed by atoms with van der Waals surface area (Å²) in [7, 11) is 1.12. The highest BCUT2D eigenvalue weighted by Gasteiger charge is 2.39. The number of carbonyl (C=O) groups is 3. The van der Waals surface area contributed by atoms with E-state index in [0.717, 1.165) is 151 Å². The Morgan fingerprint density at radius 2 is 1.50 bits per heavy atom. The number of nitrogens with one attached hydrogen (secondary N) is 7. The van der Waals surface area contributed by atoms with Gasteiger partial charge in [0.15, 0.2) is 41.1 Å². The van der Waals surface area contributed by atoms with Gasteiger partial charge < -0.3 is 91.1 Å². The average Bonchev–Trinajstić information content (AvgIpc) is 1.59. The Hall–Kier alpha value is -15.0. The van der Waals surface area contributed by atoms with Crippen LogP contribution < -0.4 is 68.0 Å². The van der Waals surface area contributed by atoms with Crippen LogP contribution in [0.2, 0.25) is 5.02 Å². The topological polar surface area (TPSA) is 644 Å². The predicted octanol–water partition coefficient (Wildman–Crippen LogP) is 10.5. The number of H-pyrrole nitrogens is 4. The first kappa shape index (κ1) is 102. The molecule has 5 aromatic heterocycles. The summed E-state index contributed by atoms with van der Waals surface area (Å²) in [6.07, 6.45) is 14.3. The number of halogens is 1. The lowest BCUT2D eigenvalue weighted by Crippen LogP contribution is -2.48. The number of nitrogen functional groups attached to an aromatic ring is 2. The lowest BCUT2D eigenvalue weighted by atomic mass is 9.69. The van der Waals surface area contributed by atoms with Gasteiger partial charge in [-0.3, -0.25) is 39.9 Å². The number of benzene rings is 7. The lowest BCUT2D eigenvalue weighted by molar-refractivity contribution is -0.506. The number of hydrogen-bond acceptors (Lipinski definition) is 35. The highest BCUT2D eigenvalue weighted by molar-refractivity contribution is 7.89. The number of aromatic nitrogens is 10. The first-order valence-corrected chi connectivity index (χ1v) is 46.7. The molecule has 2 fully saturated rings. The summed E-state index contributed by atoms with van der Waals surface area (Å²) in [6.45, 7) is 12.5. The fourth-order valence-electron chi connectivity index (χ4n) is 17.4. The summed E-state index contributed by atoms with van der Waals surface area (Å²) in [5, 5.41) is 90.8. The normalized spacial score (nSPS) is 18.0. The van der Waals surface area contributed by atoms with E-state index < -0.39 is 56.6 Å². The van der Waals surface area contributed by atoms with Crippen LogP contribution in [0, 0.1) is 46.6 Å². The van der Waals surface area contributed by atoms with Crippen molar-refractivity contribution in [1.82, 2.24) is 75.1 Å². The molecule has 46 nitrogen and oxygen atoms in total. The van der Waals surface area contributed by atoms with Gasteiger partial charge in [-0.15, -0.1) is 20.2 Å². The van der Waals surface area contributed by atoms with E-state index in [0.29, 0.717) is 111 Å². The van der Waals surface area contributed by atoms with Gasteiger partial charge in [0.2, 0.25) is 29.5 Å². The standard InChI is InChI=1S/C20H22N4O3.C17H15N3O2.C13H23N5O2.C13H16N4O4S.C12H10N4O2.C9H7ClN2O3.C9H14N2O6/c1-3-8-22-20(25)24-12(2)15-9-17-18(27-11-26-17)10-16(15)19(23-24)13-4-6-14(21)7-5-13;1-10-6-12-7-15-16(22-9-21-15)8-14(12)17(20-19-10)11-2-4-13(18)5-3-11;19-20-8-12-6-11-5-9(1-3-10(11)7-14-12)2-4-13-15-17-18-16-13;1-16(2)22(20,21)10-4-7-11(14-13(18)12(7)15-19)9-6-17(3)5-8(9)10;1-7-4-8-9(15-12(18)11(17)14-8)5-10(7)16-3-2-13-6-16;10-6-2-1-5-3-8(12(14)15)9(13)11-7(5)4-6;1-5-7(2-6(10)3-16-14)9(11-17-5)15-4-8(12)13/h4-7,9-10,12H,3,8,11,21H2,1-2H3,(H,22,25);2-5,7-8H,6,9,18H2,1H3;9-12,14,19H,1-8H2,(H,15,16,17,18);4,14,18H,5-6H2,1-3H3;2-6H,1H3,(H,14,17)(H,15,18);1-2,4,8H,3H2,(H,11,13);6,14H,2-4,10H2,1H3,(H,12,13). The molecule has 8 aliphatic rings. The number of amides is 3. The number of nitrogens with zero attached hydrogens (tertiary/aromatic N) is 14. The van der Waals surface area contributed by atoms with Crippen LogP contribution in [0.4, 0.5) is 27.5 Å². The van der Waals surface area contributed by atoms with E-state index in [4.69, 9.17) is 72.6 Å². The van der Waals surface area contributed by atoms with Gasteiger partial charge in [0.25, 0.3) is 17.8 Å². The molecule has 1 saturated carbocycles. The SMILES string of the molecule is CC1=NN=C(c2ccc(N)cc2)c2cc3c(cc2C1)OCO3.CCCNC(=O)N1N=C(c2ccc(N)cc2)c2cc3c(cc2C1C)OCO3.CN1Cc2c(S(=O)(=O)N(C)C)cc3c(N=O)c(O)[nH]c3c2C1.Cc1cc2[nH]c(=O)c(=O)[nH]c2cc1-n1ccnc1.Cc1onc(OCC(=O)O)c1CC(N)COO.O=C1Nc2cc(Cl)ccc2CC1[N+](=O)[O-].OOCC1CC2CC(CCc3nn[nH]n3)CCC2CN1. The van der Waals surface area contributed by atoms with E-state index in [1.54, 1.807) is 37.6 Å². The van der Waals surface area contributed by atoms with E-state index in [1.807, 2.05) is 135 Å². The minimum atomic E-state index is -3.67. The Morgan fingerprint density at radius 1 is 0.823 bits per heavy atom. The molecule has 744 valence electrons. The Morgan fingerprint density at radius 3 is 2.13 bits per heavy atom. The van der Waals surface area contributed by atoms with Gasteiger partial charge in [0.05, 0.1) is 70.4 Å². The smallest absolute Gasteiger partial charge is 0.341 e. The van der Waals surface area contributed by atoms with Gasteiger partial charge >= 0.3 is 23.1 Å². The zero-order chi connectivity index (χ0) is 101. The van der Waals surface area contributed by atoms with E-state index >= 15 is 0 Å². The van der Waals surface area contributed by atoms with Crippen molar-refractivity contribution < 1.29 is 86.4 Å². The van der Waals surface area contributed by atoms with Crippen LogP contribution in [0.15, 0.2) is 167 Å². The van der Waals surface area contributed by atoms with Crippen LogP contribution in [0.25, 0.3) is 27.6 Å². The number of nitro groups is 1. The third-order valence-corrected chi connectivity index (χ3v) is 26.7. The number of nitrogens with two attached hydrogens (primary N) is 3. The quantitative estimate of drug-likeness (QED) is 0.00793. The van der Waals surface area contributed by atoms with Crippen LogP contribution in [0.1, 0.15) is 138 Å². The van der Waals surface area contributed by atoms with Crippen LogP contribution in [0.5, 0.6) is 34.8 Å². The van der Waals surface area contributed by atoms with Crippen LogP contribution in [0.3, 0.4) is 0 Å². The zero-order valence-corrected chi connectivity index (χ0v) is 79.6. The summed E-state index contributed by atoms with van der Waals surface area (Å²) in [4.78, 5) is 100.0. The number of aryl methyl sites for hydroxylation is 3. The van der Waals surface area contributed by atoms with Crippen molar-refractivity contribution in [3.05, 3.63) is 241 Å². The number of carboxylic acids is 1. The van der Waals surface area contributed by atoms with Gasteiger partial charge in [0, 0.05) is 131 Å². The fraction of sp³-hybridized carbons (Fsp3) is 0.366. The molecule has 20 rings (SSSR count). The summed E-state index contributed by atoms with van der Waals surface area (Å²) >= 11 is 5.74. The molecule has 1 aliphatic carbocycles. The van der Waals surface area contributed by atoms with Crippen molar-refractivity contribution in [3.63, 3.8) is 0 Å². The first-order valence-electron chi connectivity index (χ1n) is 44.9. The Labute approximate surface area is 810 Å². The number of urea groups is 1. The predicted molar refractivity (Wildman–Crippen MR) is 518 cm³/mol. The van der Waals surface area contributed by atoms with E-state index in [1.165, 1.54) is 44.4 Å². The third-order valence-electron chi connectivity index (χ3n) is 24.6. The molecule has 7 aliphatic heterocycles. The van der Waals surface area contributed by atoms with Crippen molar-refractivity contribution in [3.8, 4) is 40.4 Å². The number of anilines is 3. The van der Waals surface area contributed by atoms with Crippen molar-refractivity contribution in [1.29, 1.82) is 0 Å². The Balaban J connectivity index is 0.000000132. The molecule has 0 spiro atoms. The monoisotopic (exact) mass is 1980 g/mol. The molecule has 3 amide bonds. The number of sulfonamides is 1. The van der Waals surface area contributed by atoms with Gasteiger partial charge in [-0.05, 0) is 220 Å². The minimum absolute atomic E-state index is 0.0526. The van der Waals surface area contributed by atoms with Gasteiger partial charge in [0.1, 0.15) is 11.5 Å². The molecule has 0 bridgehead atoms. The van der Waals surface area contributed by atoms with Gasteiger partial charge in [-0.2, -0.15) is 15.4 Å². The summed E-state index contributed by atoms with van der Waals surface area (Å²) < 4.78 is 60.0. The van der Waals surface area contributed by atoms with Crippen LogP contribution in [-0.4, -0.2) is 219 Å². The van der Waals surface area contributed by atoms with E-state index in [2.05, 4.69) is 91.9 Å². The van der Waals surface area contributed by atoms with E-state index in [-0.39, 0.29) is 61.0 Å². The van der Waals surface area contributed by atoms with Crippen molar-refractivity contribution in [2.45, 2.75) is 141 Å². The van der Waals surface area contributed by atoms with Gasteiger partial charge in [-0.1, -0.05) is 60.5 Å². The highest BCUT2D eigenvalue weighted by atomic mass is 35.5. The number of fused-ring (bicyclic) bond motifs is 10. The molecule has 1 saturated heterocycles. The van der Waals surface area contributed by atoms with Crippen molar-refractivity contribution in [2.75, 3.05) is 84.4 Å². The Bertz CT molecular complexity index is 6900. The fourth-order valence-corrected chi connectivity index (χ4v) is 18.7. The molecule has 48 heteroatoms. The molecule has 141 heavy (non-hydrogen) atoms. The largest absolute Gasteiger partial charge is 0.493 e. The number of hydrazone groups is 1. The molecule has 7 aromatic carbocycles. The number of ether oxygens (including phenoxy) is 5. The average molecular weight is 1980 g/mol. The summed E-state index contributed by atoms with van der Waals surface area (Å²) in [5.74, 6) is 4.60. The van der Waals surface area contributed by atoms with E-state index in [9.17, 15) is 52.5 Å². The second-order valence-corrected chi connectivity index (χ2v) is 37.3. The number of aromatic amines is 4. The molecule has 7 unspecified atom stereocenters. The number of aromatic hydroxyl groups is 1. The maximum Gasteiger partial charge on any atom is 0.341 e. The summed E-state index contributed by atoms with van der Waals surface area (Å²) in [6, 6.07) is 31.1. The Kier molecular flexibility index (Phi) is 33.1. The number of carboxylic acid groups (broad SMARTS) is 1. The molecule has 0 radical (unpaired) electrons. The maximum atomic E-state index is 12.7. The lowest BCUT2D eigenvalue weighted by Gasteiger charge is -2.42. The second kappa shape index (κ2) is 45.8. The number of rotatable bonds is 21. The highest BCUT2D eigenvalue weighted by Crippen LogP contribution is 2.46. The molecular formula is C93H107ClN24O22S. The van der Waals surface area contributed by atoms with Crippen molar-refractivity contribution in [2.24, 2.45) is 44.0 Å². The molecule has 12 heterocycles. The number of hydrogen-bond donors (Lipinski definition) is 14. The van der Waals surface area contributed by atoms with Crippen molar-refractivity contribution >= 4 is 101 Å². The number of piperidine rings is 1. The number of aliphatic carboxylic acids is 1. The second-order valence-electron chi connectivity index (χ2n) is 34.7. The number of imidazole rings is 1. The molecule has 17 N–H and O–H groups in total. The molecule has 12 aromatic rings. The number of tetrazole rings is 1. The van der Waals surface area contributed by atoms with Crippen LogP contribution in [-0.2, 0) is 68.2 Å². The van der Waals surface area contributed by atoms with Crippen LogP contribution >= 0.6 is 11.6 Å². The third kappa shape index (κ3) is 24.5. The first-order chi connectivity index (χ1) is 67.7. The molecule has 7 atom stereocenters. The maximum absolute atomic E-state index is 12.7. The number of nitroso groups, excluding NO2 is 1. The minimum Gasteiger partial charge on any atom is -0.493 e. The van der Waals surface area contributed by atoms with Gasteiger partial charge in [-0.25, -0.2) is 42.1 Å². The number of carbonyl (C=O) groups excluding carboxylic acids is 2.